The molecule has 3 rings (SSSR count). The van der Waals surface area contributed by atoms with Crippen LogP contribution in [0, 0.1) is 0 Å². The number of hydrogen-bond acceptors (Lipinski definition) is 5. The molecule has 0 fully saturated rings. The van der Waals surface area contributed by atoms with Crippen molar-refractivity contribution in [2.45, 2.75) is 18.2 Å². The molecule has 0 aliphatic rings. The molecule has 1 atom stereocenters. The number of thioether (sulfide) groups is 1. The molecule has 0 saturated carbocycles. The monoisotopic (exact) mass is 470 g/mol. The quantitative estimate of drug-likeness (QED) is 0.451. The maximum Gasteiger partial charge on any atom is 0.234 e. The molecule has 0 spiro atoms. The van der Waals surface area contributed by atoms with Crippen molar-refractivity contribution in [2.24, 2.45) is 7.05 Å². The van der Waals surface area contributed by atoms with Gasteiger partial charge in [-0.1, -0.05) is 46.6 Å². The summed E-state index contributed by atoms with van der Waals surface area (Å²) in [5.74, 6) is 1.09. The molecule has 1 amide bonds. The Hall–Kier alpha value is -1.93. The molecule has 1 N–H and O–H groups in total. The number of rotatable bonds is 7. The first-order valence-electron chi connectivity index (χ1n) is 8.52. The molecule has 0 radical (unpaired) electrons. The van der Waals surface area contributed by atoms with Crippen LogP contribution in [0.2, 0.25) is 15.1 Å². The number of carbonyl (C=O) groups is 1. The van der Waals surface area contributed by atoms with Crippen LogP contribution in [0.1, 0.15) is 18.9 Å². The third kappa shape index (κ3) is 5.79. The van der Waals surface area contributed by atoms with Crippen LogP contribution in [0.15, 0.2) is 47.6 Å². The first-order chi connectivity index (χ1) is 13.8. The first-order valence-corrected chi connectivity index (χ1v) is 10.6. The van der Waals surface area contributed by atoms with E-state index in [1.165, 1.54) is 11.8 Å². The van der Waals surface area contributed by atoms with Crippen molar-refractivity contribution < 1.29 is 9.53 Å². The van der Waals surface area contributed by atoms with Crippen molar-refractivity contribution in [3.8, 4) is 5.75 Å². The minimum Gasteiger partial charge on any atom is -0.481 e. The van der Waals surface area contributed by atoms with E-state index in [1.807, 2.05) is 14.0 Å². The van der Waals surface area contributed by atoms with Crippen molar-refractivity contribution in [3.63, 3.8) is 0 Å². The normalized spacial score (nSPS) is 11.9. The molecule has 29 heavy (non-hydrogen) atoms. The van der Waals surface area contributed by atoms with Crippen LogP contribution in [0.3, 0.4) is 0 Å². The molecule has 152 valence electrons. The number of benzene rings is 2. The van der Waals surface area contributed by atoms with Crippen LogP contribution in [-0.4, -0.2) is 26.4 Å². The largest absolute Gasteiger partial charge is 0.481 e. The molecule has 0 aliphatic heterocycles. The lowest BCUT2D eigenvalue weighted by atomic mass is 10.3. The fraction of sp³-hybridized carbons (Fsp3) is 0.211. The van der Waals surface area contributed by atoms with E-state index in [1.54, 1.807) is 47.0 Å². The Morgan fingerprint density at radius 3 is 2.55 bits per heavy atom. The topological polar surface area (TPSA) is 69.0 Å². The summed E-state index contributed by atoms with van der Waals surface area (Å²) in [5.41, 5.74) is 0.680. The summed E-state index contributed by atoms with van der Waals surface area (Å²) in [4.78, 5) is 12.2. The molecule has 2 aromatic carbocycles. The maximum absolute atomic E-state index is 12.2. The Balaban J connectivity index is 1.60. The fourth-order valence-corrected chi connectivity index (χ4v) is 3.65. The van der Waals surface area contributed by atoms with E-state index >= 15 is 0 Å². The third-order valence-electron chi connectivity index (χ3n) is 3.89. The van der Waals surface area contributed by atoms with E-state index in [4.69, 9.17) is 39.5 Å². The smallest absolute Gasteiger partial charge is 0.234 e. The SMILES string of the molecule is CC(Oc1cc(Cl)ccc1Cl)c1nnc(SCC(=O)Nc2ccc(Cl)cc2)n1C. The lowest BCUT2D eigenvalue weighted by molar-refractivity contribution is -0.113. The first kappa shape index (κ1) is 21.8. The molecule has 10 heteroatoms. The number of halogens is 3. The van der Waals surface area contributed by atoms with Crippen molar-refractivity contribution in [1.82, 2.24) is 14.8 Å². The van der Waals surface area contributed by atoms with Crippen molar-refractivity contribution >= 4 is 58.2 Å². The van der Waals surface area contributed by atoms with E-state index < -0.39 is 6.10 Å². The molecule has 0 bridgehead atoms. The Morgan fingerprint density at radius 2 is 1.83 bits per heavy atom. The van der Waals surface area contributed by atoms with E-state index in [-0.39, 0.29) is 11.7 Å². The summed E-state index contributed by atoms with van der Waals surface area (Å²) < 4.78 is 7.66. The lowest BCUT2D eigenvalue weighted by Gasteiger charge is -2.15. The zero-order chi connectivity index (χ0) is 21.0. The lowest BCUT2D eigenvalue weighted by Crippen LogP contribution is -2.14. The van der Waals surface area contributed by atoms with E-state index in [2.05, 4.69) is 15.5 Å². The second-order valence-electron chi connectivity index (χ2n) is 6.08. The van der Waals surface area contributed by atoms with Gasteiger partial charge in [-0.05, 0) is 43.3 Å². The van der Waals surface area contributed by atoms with Crippen molar-refractivity contribution in [3.05, 3.63) is 63.4 Å². The second-order valence-corrected chi connectivity index (χ2v) is 8.30. The predicted octanol–water partition coefficient (Wildman–Crippen LogP) is 5.65. The highest BCUT2D eigenvalue weighted by Crippen LogP contribution is 2.31. The predicted molar refractivity (Wildman–Crippen MR) is 117 cm³/mol. The highest BCUT2D eigenvalue weighted by Gasteiger charge is 2.19. The van der Waals surface area contributed by atoms with Gasteiger partial charge in [-0.2, -0.15) is 0 Å². The van der Waals surface area contributed by atoms with Gasteiger partial charge in [0.2, 0.25) is 5.91 Å². The van der Waals surface area contributed by atoms with Crippen LogP contribution < -0.4 is 10.1 Å². The average molecular weight is 472 g/mol. The molecular weight excluding hydrogens is 455 g/mol. The maximum atomic E-state index is 12.2. The Morgan fingerprint density at radius 1 is 1.14 bits per heavy atom. The fourth-order valence-electron chi connectivity index (χ4n) is 2.48. The van der Waals surface area contributed by atoms with E-state index in [0.29, 0.717) is 37.5 Å². The minimum atomic E-state index is -0.416. The molecule has 0 saturated heterocycles. The van der Waals surface area contributed by atoms with Crippen LogP contribution >= 0.6 is 46.6 Å². The van der Waals surface area contributed by atoms with Gasteiger partial charge >= 0.3 is 0 Å². The van der Waals surface area contributed by atoms with Crippen molar-refractivity contribution in [1.29, 1.82) is 0 Å². The summed E-state index contributed by atoms with van der Waals surface area (Å²) >= 11 is 19.3. The minimum absolute atomic E-state index is 0.156. The number of ether oxygens (including phenoxy) is 1. The molecule has 1 heterocycles. The molecular formula is C19H17Cl3N4O2S. The van der Waals surface area contributed by atoms with Gasteiger partial charge in [0.1, 0.15) is 5.75 Å². The number of anilines is 1. The zero-order valence-electron chi connectivity index (χ0n) is 15.5. The van der Waals surface area contributed by atoms with Crippen LogP contribution in [-0.2, 0) is 11.8 Å². The Labute approximate surface area is 187 Å². The number of hydrogen-bond donors (Lipinski definition) is 1. The van der Waals surface area contributed by atoms with Gasteiger partial charge in [0.05, 0.1) is 10.8 Å². The van der Waals surface area contributed by atoms with E-state index in [0.717, 1.165) is 0 Å². The number of nitrogens with zero attached hydrogens (tertiary/aromatic N) is 3. The van der Waals surface area contributed by atoms with Crippen LogP contribution in [0.4, 0.5) is 5.69 Å². The molecule has 3 aromatic rings. The molecule has 1 unspecified atom stereocenters. The third-order valence-corrected chi connectivity index (χ3v) is 5.71. The number of carbonyl (C=O) groups excluding carboxylic acids is 1. The highest BCUT2D eigenvalue weighted by molar-refractivity contribution is 7.99. The number of amides is 1. The van der Waals surface area contributed by atoms with Gasteiger partial charge in [-0.25, -0.2) is 0 Å². The van der Waals surface area contributed by atoms with Crippen molar-refractivity contribution in [2.75, 3.05) is 11.1 Å². The zero-order valence-corrected chi connectivity index (χ0v) is 18.6. The van der Waals surface area contributed by atoms with Gasteiger partial charge in [0.15, 0.2) is 17.1 Å². The Bertz CT molecular complexity index is 1010. The molecule has 0 aliphatic carbocycles. The van der Waals surface area contributed by atoms with E-state index in [9.17, 15) is 4.79 Å². The summed E-state index contributed by atoms with van der Waals surface area (Å²) in [7, 11) is 1.81. The summed E-state index contributed by atoms with van der Waals surface area (Å²) in [6.07, 6.45) is -0.416. The summed E-state index contributed by atoms with van der Waals surface area (Å²) in [5, 5.41) is 13.3. The Kier molecular flexibility index (Phi) is 7.29. The average Bonchev–Trinajstić information content (AvgIpc) is 3.05. The molecule has 6 nitrogen and oxygen atoms in total. The van der Waals surface area contributed by atoms with Crippen LogP contribution in [0.25, 0.3) is 0 Å². The van der Waals surface area contributed by atoms with Gasteiger partial charge in [-0.15, -0.1) is 10.2 Å². The van der Waals surface area contributed by atoms with Crippen LogP contribution in [0.5, 0.6) is 5.75 Å². The standard InChI is InChI=1S/C19H17Cl3N4O2S/c1-11(28-16-9-13(21)5-8-15(16)22)18-24-25-19(26(18)2)29-10-17(27)23-14-6-3-12(20)4-7-14/h3-9,11H,10H2,1-2H3,(H,23,27). The second kappa shape index (κ2) is 9.71. The van der Waals surface area contributed by atoms with Gasteiger partial charge in [-0.3, -0.25) is 4.79 Å². The number of nitrogens with one attached hydrogen (secondary N) is 1. The molecule has 1 aromatic heterocycles. The summed E-state index contributed by atoms with van der Waals surface area (Å²) in [6, 6.07) is 11.9. The van der Waals surface area contributed by atoms with Gasteiger partial charge in [0.25, 0.3) is 0 Å². The van der Waals surface area contributed by atoms with Gasteiger partial charge in [0, 0.05) is 28.8 Å². The van der Waals surface area contributed by atoms with Gasteiger partial charge < -0.3 is 14.6 Å². The highest BCUT2D eigenvalue weighted by atomic mass is 35.5. The number of aromatic nitrogens is 3. The summed E-state index contributed by atoms with van der Waals surface area (Å²) in [6.45, 7) is 1.84.